The molecule has 0 aliphatic carbocycles. The van der Waals surface area contributed by atoms with Crippen molar-refractivity contribution < 1.29 is 4.79 Å². The minimum Gasteiger partial charge on any atom is -0.323 e. The maximum Gasteiger partial charge on any atom is 0.244 e. The van der Waals surface area contributed by atoms with E-state index in [1.165, 1.54) is 0 Å². The number of nitrogens with one attached hydrogen (secondary N) is 1. The lowest BCUT2D eigenvalue weighted by Crippen LogP contribution is -2.25. The van der Waals surface area contributed by atoms with Crippen LogP contribution >= 0.6 is 0 Å². The summed E-state index contributed by atoms with van der Waals surface area (Å²) in [5.74, 6) is 0.675. The highest BCUT2D eigenvalue weighted by Gasteiger charge is 2.24. The Kier molecular flexibility index (Phi) is 4.28. The largest absolute Gasteiger partial charge is 0.323 e. The van der Waals surface area contributed by atoms with E-state index in [9.17, 15) is 4.79 Å². The quantitative estimate of drug-likeness (QED) is 0.792. The molecule has 2 aromatic carbocycles. The lowest BCUT2D eigenvalue weighted by Gasteiger charge is -2.20. The van der Waals surface area contributed by atoms with E-state index in [4.69, 9.17) is 10.2 Å². The molecule has 0 unspecified atom stereocenters. The zero-order chi connectivity index (χ0) is 18.0. The van der Waals surface area contributed by atoms with Gasteiger partial charge in [0.25, 0.3) is 0 Å². The summed E-state index contributed by atoms with van der Waals surface area (Å²) in [5, 5.41) is 12.0. The van der Waals surface area contributed by atoms with Crippen LogP contribution in [0.4, 0.5) is 5.69 Å². The second kappa shape index (κ2) is 6.40. The van der Waals surface area contributed by atoms with Crippen LogP contribution in [0.3, 0.4) is 0 Å². The first-order chi connectivity index (χ1) is 11.9. The van der Waals surface area contributed by atoms with Crippen molar-refractivity contribution >= 4 is 22.6 Å². The maximum absolute atomic E-state index is 12.6. The Hall–Kier alpha value is -3.13. The van der Waals surface area contributed by atoms with Gasteiger partial charge in [-0.1, -0.05) is 45.0 Å². The fraction of sp³-hybridized carbons (Fsp3) is 0.250. The molecule has 0 spiro atoms. The molecule has 5 nitrogen and oxygen atoms in total. The molecule has 0 aliphatic rings. The zero-order valence-corrected chi connectivity index (χ0v) is 14.6. The minimum absolute atomic E-state index is 0.146. The Morgan fingerprint density at radius 3 is 2.56 bits per heavy atom. The molecule has 0 aliphatic heterocycles. The molecule has 1 aromatic heterocycles. The molecule has 3 aromatic rings. The van der Waals surface area contributed by atoms with Gasteiger partial charge >= 0.3 is 0 Å². The summed E-state index contributed by atoms with van der Waals surface area (Å²) in [4.78, 5) is 17.3. The van der Waals surface area contributed by atoms with Crippen LogP contribution in [0.25, 0.3) is 11.0 Å². The van der Waals surface area contributed by atoms with Crippen molar-refractivity contribution in [3.05, 3.63) is 59.9 Å². The van der Waals surface area contributed by atoms with Crippen LogP contribution in [0.5, 0.6) is 0 Å². The molecule has 0 fully saturated rings. The highest BCUT2D eigenvalue weighted by atomic mass is 16.1. The van der Waals surface area contributed by atoms with E-state index in [2.05, 4.69) is 32.2 Å². The first kappa shape index (κ1) is 16.7. The number of hydrogen-bond acceptors (Lipinski definition) is 3. The van der Waals surface area contributed by atoms with Gasteiger partial charge in [0.1, 0.15) is 18.4 Å². The van der Waals surface area contributed by atoms with Crippen LogP contribution in [0, 0.1) is 11.3 Å². The van der Waals surface area contributed by atoms with E-state index in [0.717, 1.165) is 16.9 Å². The third kappa shape index (κ3) is 3.38. The highest BCUT2D eigenvalue weighted by Crippen LogP contribution is 2.26. The predicted molar refractivity (Wildman–Crippen MR) is 98.2 cm³/mol. The summed E-state index contributed by atoms with van der Waals surface area (Å²) in [7, 11) is 0. The van der Waals surface area contributed by atoms with Crippen molar-refractivity contribution in [2.45, 2.75) is 32.7 Å². The summed E-state index contributed by atoms with van der Waals surface area (Å²) in [6, 6.07) is 16.9. The van der Waals surface area contributed by atoms with Gasteiger partial charge in [0, 0.05) is 5.41 Å². The number of para-hydroxylation sites is 3. The van der Waals surface area contributed by atoms with E-state index in [1.54, 1.807) is 24.3 Å². The number of rotatable bonds is 3. The van der Waals surface area contributed by atoms with Crippen molar-refractivity contribution in [2.75, 3.05) is 5.32 Å². The minimum atomic E-state index is -0.191. The molecule has 0 saturated carbocycles. The molecule has 5 heteroatoms. The van der Waals surface area contributed by atoms with Gasteiger partial charge < -0.3 is 9.88 Å². The SMILES string of the molecule is CC(C)(C)c1nc2ccccc2n1CC(=O)Nc1ccccc1C#N. The van der Waals surface area contributed by atoms with Crippen molar-refractivity contribution in [2.24, 2.45) is 0 Å². The molecule has 1 amide bonds. The van der Waals surface area contributed by atoms with Gasteiger partial charge in [-0.2, -0.15) is 5.26 Å². The molecule has 0 bridgehead atoms. The summed E-state index contributed by atoms with van der Waals surface area (Å²) in [6.07, 6.45) is 0. The molecule has 0 atom stereocenters. The third-order valence-electron chi connectivity index (χ3n) is 3.95. The van der Waals surface area contributed by atoms with Gasteiger partial charge in [-0.15, -0.1) is 0 Å². The summed E-state index contributed by atoms with van der Waals surface area (Å²) >= 11 is 0. The second-order valence-electron chi connectivity index (χ2n) is 6.97. The van der Waals surface area contributed by atoms with Gasteiger partial charge in [0.2, 0.25) is 5.91 Å². The van der Waals surface area contributed by atoms with Crippen molar-refractivity contribution in [3.8, 4) is 6.07 Å². The van der Waals surface area contributed by atoms with Crippen LogP contribution in [0.2, 0.25) is 0 Å². The topological polar surface area (TPSA) is 70.7 Å². The molecule has 0 radical (unpaired) electrons. The molecule has 3 rings (SSSR count). The predicted octanol–water partition coefficient (Wildman–Crippen LogP) is 3.84. The number of hydrogen-bond donors (Lipinski definition) is 1. The van der Waals surface area contributed by atoms with Crippen molar-refractivity contribution in [1.82, 2.24) is 9.55 Å². The van der Waals surface area contributed by atoms with E-state index in [1.807, 2.05) is 28.8 Å². The molecule has 126 valence electrons. The Bertz CT molecular complexity index is 973. The number of fused-ring (bicyclic) bond motifs is 1. The average Bonchev–Trinajstić information content (AvgIpc) is 2.94. The van der Waals surface area contributed by atoms with E-state index in [0.29, 0.717) is 11.3 Å². The Balaban J connectivity index is 1.95. The van der Waals surface area contributed by atoms with Gasteiger partial charge in [-0.25, -0.2) is 4.98 Å². The lowest BCUT2D eigenvalue weighted by molar-refractivity contribution is -0.116. The first-order valence-corrected chi connectivity index (χ1v) is 8.15. The normalized spacial score (nSPS) is 11.3. The second-order valence-corrected chi connectivity index (χ2v) is 6.97. The fourth-order valence-electron chi connectivity index (χ4n) is 2.83. The lowest BCUT2D eigenvalue weighted by atomic mass is 9.95. The van der Waals surface area contributed by atoms with Gasteiger partial charge in [0.15, 0.2) is 0 Å². The van der Waals surface area contributed by atoms with E-state index < -0.39 is 0 Å². The molecular formula is C20H20N4O. The summed E-state index contributed by atoms with van der Waals surface area (Å²) in [6.45, 7) is 6.38. The zero-order valence-electron chi connectivity index (χ0n) is 14.6. The molecule has 25 heavy (non-hydrogen) atoms. The van der Waals surface area contributed by atoms with E-state index in [-0.39, 0.29) is 17.9 Å². The number of aromatic nitrogens is 2. The number of benzene rings is 2. The van der Waals surface area contributed by atoms with Crippen molar-refractivity contribution in [3.63, 3.8) is 0 Å². The van der Waals surface area contributed by atoms with Crippen LogP contribution in [-0.2, 0) is 16.8 Å². The number of anilines is 1. The molecular weight excluding hydrogens is 312 g/mol. The van der Waals surface area contributed by atoms with Crippen LogP contribution in [0.15, 0.2) is 48.5 Å². The van der Waals surface area contributed by atoms with Gasteiger partial charge in [-0.3, -0.25) is 4.79 Å². The fourth-order valence-corrected chi connectivity index (χ4v) is 2.83. The summed E-state index contributed by atoms with van der Waals surface area (Å²) < 4.78 is 1.94. The number of amides is 1. The smallest absolute Gasteiger partial charge is 0.244 e. The summed E-state index contributed by atoms with van der Waals surface area (Å²) in [5.41, 5.74) is 2.58. The number of nitrogens with zero attached hydrogens (tertiary/aromatic N) is 3. The van der Waals surface area contributed by atoms with Crippen LogP contribution < -0.4 is 5.32 Å². The Morgan fingerprint density at radius 1 is 1.16 bits per heavy atom. The van der Waals surface area contributed by atoms with E-state index >= 15 is 0 Å². The van der Waals surface area contributed by atoms with Crippen LogP contribution in [-0.4, -0.2) is 15.5 Å². The van der Waals surface area contributed by atoms with Crippen LogP contribution in [0.1, 0.15) is 32.2 Å². The standard InChI is InChI=1S/C20H20N4O/c1-20(2,3)19-23-16-10-6-7-11-17(16)24(19)13-18(25)22-15-9-5-4-8-14(15)12-21/h4-11H,13H2,1-3H3,(H,22,25). The number of imidazole rings is 1. The molecule has 1 heterocycles. The van der Waals surface area contributed by atoms with Gasteiger partial charge in [-0.05, 0) is 24.3 Å². The molecule has 0 saturated heterocycles. The number of carbonyl (C=O) groups is 1. The highest BCUT2D eigenvalue weighted by molar-refractivity contribution is 5.93. The monoisotopic (exact) mass is 332 g/mol. The third-order valence-corrected chi connectivity index (χ3v) is 3.95. The Morgan fingerprint density at radius 2 is 1.84 bits per heavy atom. The maximum atomic E-state index is 12.6. The number of carbonyl (C=O) groups excluding carboxylic acids is 1. The molecule has 1 N–H and O–H groups in total. The first-order valence-electron chi connectivity index (χ1n) is 8.15. The number of nitriles is 1. The Labute approximate surface area is 146 Å². The van der Waals surface area contributed by atoms with Crippen molar-refractivity contribution in [1.29, 1.82) is 5.26 Å². The van der Waals surface area contributed by atoms with Gasteiger partial charge in [0.05, 0.1) is 22.3 Å². The average molecular weight is 332 g/mol.